The lowest BCUT2D eigenvalue weighted by Gasteiger charge is -2.11. The predicted octanol–water partition coefficient (Wildman–Crippen LogP) is 2.43. The summed E-state index contributed by atoms with van der Waals surface area (Å²) in [5, 5.41) is 5.86. The topological polar surface area (TPSA) is 53.1 Å². The van der Waals surface area contributed by atoms with Crippen molar-refractivity contribution in [3.05, 3.63) is 41.3 Å². The van der Waals surface area contributed by atoms with Crippen LogP contribution in [-0.2, 0) is 12.8 Å². The molecule has 1 aliphatic heterocycles. The standard InChI is InChI=1S/C16H20FN5/c1-18-15-14(17)10-19-16(21-15)20-13-4-3-11-5-7-22(2)8-6-12(11)9-13/h3-4,9-10H,5-8H2,1-2H3,(H2,18,19,20,21). The van der Waals surface area contributed by atoms with Crippen LogP contribution >= 0.6 is 0 Å². The van der Waals surface area contributed by atoms with Crippen molar-refractivity contribution in [3.63, 3.8) is 0 Å². The molecular formula is C16H20FN5. The molecule has 0 fully saturated rings. The van der Waals surface area contributed by atoms with E-state index in [1.807, 2.05) is 6.07 Å². The Morgan fingerprint density at radius 3 is 2.73 bits per heavy atom. The highest BCUT2D eigenvalue weighted by molar-refractivity contribution is 5.57. The van der Waals surface area contributed by atoms with Gasteiger partial charge in [-0.05, 0) is 43.1 Å². The van der Waals surface area contributed by atoms with Crippen LogP contribution in [0.3, 0.4) is 0 Å². The Labute approximate surface area is 129 Å². The minimum absolute atomic E-state index is 0.189. The highest BCUT2D eigenvalue weighted by Crippen LogP contribution is 2.22. The van der Waals surface area contributed by atoms with E-state index in [9.17, 15) is 4.39 Å². The molecule has 1 aliphatic rings. The van der Waals surface area contributed by atoms with Crippen LogP contribution in [0.1, 0.15) is 11.1 Å². The van der Waals surface area contributed by atoms with Crippen LogP contribution in [0.5, 0.6) is 0 Å². The zero-order chi connectivity index (χ0) is 15.5. The lowest BCUT2D eigenvalue weighted by atomic mass is 10.0. The molecule has 6 heteroatoms. The number of hydrogen-bond acceptors (Lipinski definition) is 5. The number of fused-ring (bicyclic) bond motifs is 1. The van der Waals surface area contributed by atoms with Crippen LogP contribution < -0.4 is 10.6 Å². The lowest BCUT2D eigenvalue weighted by molar-refractivity contribution is 0.352. The molecule has 2 aromatic rings. The van der Waals surface area contributed by atoms with E-state index in [1.165, 1.54) is 17.3 Å². The summed E-state index contributed by atoms with van der Waals surface area (Å²) in [5.41, 5.74) is 3.67. The summed E-state index contributed by atoms with van der Waals surface area (Å²) in [5.74, 6) is 0.114. The van der Waals surface area contributed by atoms with Crippen LogP contribution in [0.4, 0.5) is 21.8 Å². The second-order valence-corrected chi connectivity index (χ2v) is 5.55. The normalized spacial score (nSPS) is 15.0. The Hall–Kier alpha value is -2.21. The smallest absolute Gasteiger partial charge is 0.229 e. The first-order valence-electron chi connectivity index (χ1n) is 7.43. The first kappa shape index (κ1) is 14.7. The molecule has 22 heavy (non-hydrogen) atoms. The molecule has 1 aromatic carbocycles. The van der Waals surface area contributed by atoms with Crippen LogP contribution in [0.15, 0.2) is 24.4 Å². The molecule has 0 radical (unpaired) electrons. The molecule has 2 heterocycles. The van der Waals surface area contributed by atoms with Gasteiger partial charge in [0, 0.05) is 25.8 Å². The number of rotatable bonds is 3. The highest BCUT2D eigenvalue weighted by Gasteiger charge is 2.12. The van der Waals surface area contributed by atoms with Gasteiger partial charge in [0.2, 0.25) is 5.95 Å². The molecule has 0 saturated heterocycles. The average molecular weight is 301 g/mol. The summed E-state index contributed by atoms with van der Waals surface area (Å²) in [6.45, 7) is 2.15. The maximum atomic E-state index is 13.4. The van der Waals surface area contributed by atoms with Crippen LogP contribution in [0, 0.1) is 5.82 Å². The van der Waals surface area contributed by atoms with Gasteiger partial charge in [0.1, 0.15) is 0 Å². The third-order valence-corrected chi connectivity index (χ3v) is 3.97. The molecule has 3 rings (SSSR count). The lowest BCUT2D eigenvalue weighted by Crippen LogP contribution is -2.20. The number of halogens is 1. The van der Waals surface area contributed by atoms with Crippen molar-refractivity contribution in [1.82, 2.24) is 14.9 Å². The first-order valence-corrected chi connectivity index (χ1v) is 7.43. The van der Waals surface area contributed by atoms with Crippen molar-refractivity contribution in [2.24, 2.45) is 0 Å². The van der Waals surface area contributed by atoms with E-state index in [-0.39, 0.29) is 5.82 Å². The number of hydrogen-bond donors (Lipinski definition) is 2. The molecule has 0 amide bonds. The van der Waals surface area contributed by atoms with Gasteiger partial charge >= 0.3 is 0 Å². The molecule has 2 N–H and O–H groups in total. The Morgan fingerprint density at radius 1 is 1.18 bits per heavy atom. The Morgan fingerprint density at radius 2 is 1.95 bits per heavy atom. The van der Waals surface area contributed by atoms with Gasteiger partial charge in [0.15, 0.2) is 11.6 Å². The van der Waals surface area contributed by atoms with Crippen molar-refractivity contribution < 1.29 is 4.39 Å². The largest absolute Gasteiger partial charge is 0.371 e. The van der Waals surface area contributed by atoms with E-state index in [4.69, 9.17) is 0 Å². The zero-order valence-electron chi connectivity index (χ0n) is 12.9. The van der Waals surface area contributed by atoms with E-state index < -0.39 is 5.82 Å². The molecule has 5 nitrogen and oxygen atoms in total. The van der Waals surface area contributed by atoms with Gasteiger partial charge in [0.05, 0.1) is 6.20 Å². The molecule has 0 atom stereocenters. The fourth-order valence-electron chi connectivity index (χ4n) is 2.65. The van der Waals surface area contributed by atoms with Crippen molar-refractivity contribution in [1.29, 1.82) is 0 Å². The highest BCUT2D eigenvalue weighted by atomic mass is 19.1. The Kier molecular flexibility index (Phi) is 4.20. The van der Waals surface area contributed by atoms with Crippen molar-refractivity contribution in [2.75, 3.05) is 37.8 Å². The SMILES string of the molecule is CNc1nc(Nc2ccc3c(c2)CCN(C)CC3)ncc1F. The second-order valence-electron chi connectivity index (χ2n) is 5.55. The monoisotopic (exact) mass is 301 g/mol. The van der Waals surface area contributed by atoms with Gasteiger partial charge in [-0.3, -0.25) is 0 Å². The third-order valence-electron chi connectivity index (χ3n) is 3.97. The van der Waals surface area contributed by atoms with E-state index in [0.29, 0.717) is 5.95 Å². The summed E-state index contributed by atoms with van der Waals surface area (Å²) in [6.07, 6.45) is 3.27. The summed E-state index contributed by atoms with van der Waals surface area (Å²) in [6, 6.07) is 6.31. The van der Waals surface area contributed by atoms with E-state index in [2.05, 4.69) is 44.7 Å². The minimum Gasteiger partial charge on any atom is -0.371 e. The predicted molar refractivity (Wildman–Crippen MR) is 86.2 cm³/mol. The molecule has 0 bridgehead atoms. The fraction of sp³-hybridized carbons (Fsp3) is 0.375. The summed E-state index contributed by atoms with van der Waals surface area (Å²) < 4.78 is 13.4. The van der Waals surface area contributed by atoms with E-state index in [0.717, 1.165) is 31.6 Å². The van der Waals surface area contributed by atoms with E-state index in [1.54, 1.807) is 7.05 Å². The summed E-state index contributed by atoms with van der Waals surface area (Å²) >= 11 is 0. The quantitative estimate of drug-likeness (QED) is 0.912. The molecular weight excluding hydrogens is 281 g/mol. The van der Waals surface area contributed by atoms with E-state index >= 15 is 0 Å². The Bertz CT molecular complexity index is 674. The molecule has 116 valence electrons. The van der Waals surface area contributed by atoms with Gasteiger partial charge in [-0.1, -0.05) is 6.07 Å². The second kappa shape index (κ2) is 6.27. The maximum Gasteiger partial charge on any atom is 0.229 e. The number of likely N-dealkylation sites (N-methyl/N-ethyl adjacent to an activating group) is 1. The van der Waals surface area contributed by atoms with Crippen LogP contribution in [0.2, 0.25) is 0 Å². The van der Waals surface area contributed by atoms with Crippen LogP contribution in [-0.4, -0.2) is 42.1 Å². The maximum absolute atomic E-state index is 13.4. The molecule has 1 aromatic heterocycles. The minimum atomic E-state index is -0.460. The average Bonchev–Trinajstić information content (AvgIpc) is 2.71. The third kappa shape index (κ3) is 3.17. The van der Waals surface area contributed by atoms with Gasteiger partial charge in [-0.15, -0.1) is 0 Å². The molecule has 0 aliphatic carbocycles. The van der Waals surface area contributed by atoms with Gasteiger partial charge in [-0.25, -0.2) is 9.37 Å². The fourth-order valence-corrected chi connectivity index (χ4v) is 2.65. The van der Waals surface area contributed by atoms with Crippen molar-refractivity contribution >= 4 is 17.5 Å². The zero-order valence-corrected chi connectivity index (χ0v) is 12.9. The van der Waals surface area contributed by atoms with Crippen LogP contribution in [0.25, 0.3) is 0 Å². The van der Waals surface area contributed by atoms with Crippen molar-refractivity contribution in [3.8, 4) is 0 Å². The summed E-state index contributed by atoms with van der Waals surface area (Å²) in [7, 11) is 3.78. The molecule has 0 unspecified atom stereocenters. The summed E-state index contributed by atoms with van der Waals surface area (Å²) in [4.78, 5) is 10.4. The van der Waals surface area contributed by atoms with Gasteiger partial charge in [0.25, 0.3) is 0 Å². The number of anilines is 3. The Balaban J connectivity index is 1.81. The molecule has 0 saturated carbocycles. The first-order chi connectivity index (χ1) is 10.7. The number of benzene rings is 1. The van der Waals surface area contributed by atoms with Gasteiger partial charge < -0.3 is 15.5 Å². The van der Waals surface area contributed by atoms with Crippen molar-refractivity contribution in [2.45, 2.75) is 12.8 Å². The molecule has 0 spiro atoms. The number of nitrogens with one attached hydrogen (secondary N) is 2. The number of nitrogens with zero attached hydrogens (tertiary/aromatic N) is 3. The van der Waals surface area contributed by atoms with Gasteiger partial charge in [-0.2, -0.15) is 4.98 Å². The number of aromatic nitrogens is 2.